The summed E-state index contributed by atoms with van der Waals surface area (Å²) < 4.78 is 16.1. The van der Waals surface area contributed by atoms with Crippen LogP contribution in [0.4, 0.5) is 4.79 Å². The molecule has 1 aromatic rings. The van der Waals surface area contributed by atoms with Gasteiger partial charge in [0.1, 0.15) is 11.4 Å². The van der Waals surface area contributed by atoms with Gasteiger partial charge in [0.15, 0.2) is 11.5 Å². The molecule has 0 aliphatic carbocycles. The fourth-order valence-electron chi connectivity index (χ4n) is 1.97. The van der Waals surface area contributed by atoms with Crippen molar-refractivity contribution in [3.8, 4) is 17.2 Å². The van der Waals surface area contributed by atoms with Gasteiger partial charge in [-0.1, -0.05) is 0 Å². The maximum Gasteiger partial charge on any atom is 0.326 e. The maximum atomic E-state index is 11.5. The first kappa shape index (κ1) is 12.3. The summed E-state index contributed by atoms with van der Waals surface area (Å²) >= 11 is 0. The lowest BCUT2D eigenvalue weighted by Crippen LogP contribution is -2.22. The normalized spacial score (nSPS) is 18.1. The zero-order valence-electron chi connectivity index (χ0n) is 10.7. The number of carbonyl (C=O) groups excluding carboxylic acids is 2. The first-order valence-electron chi connectivity index (χ1n) is 6.08. The number of benzene rings is 1. The van der Waals surface area contributed by atoms with Crippen LogP contribution in [0, 0.1) is 0 Å². The van der Waals surface area contributed by atoms with E-state index < -0.39 is 11.9 Å². The van der Waals surface area contributed by atoms with Crippen molar-refractivity contribution in [3.63, 3.8) is 0 Å². The van der Waals surface area contributed by atoms with Gasteiger partial charge in [0.25, 0.3) is 5.91 Å². The molecule has 104 valence electrons. The van der Waals surface area contributed by atoms with Crippen molar-refractivity contribution >= 4 is 18.0 Å². The molecular weight excluding hydrogens is 264 g/mol. The number of urea groups is 1. The molecule has 3 amide bonds. The Morgan fingerprint density at radius 3 is 2.65 bits per heavy atom. The zero-order chi connectivity index (χ0) is 14.1. The third-order valence-electron chi connectivity index (χ3n) is 2.82. The molecule has 0 aromatic heterocycles. The second-order valence-corrected chi connectivity index (χ2v) is 4.14. The van der Waals surface area contributed by atoms with Crippen LogP contribution in [0.3, 0.4) is 0 Å². The van der Waals surface area contributed by atoms with E-state index in [9.17, 15) is 9.59 Å². The van der Waals surface area contributed by atoms with E-state index in [1.165, 1.54) is 6.08 Å². The highest BCUT2D eigenvalue weighted by molar-refractivity contribution is 6.14. The van der Waals surface area contributed by atoms with E-state index >= 15 is 0 Å². The minimum atomic E-state index is -0.542. The van der Waals surface area contributed by atoms with Crippen LogP contribution in [0.2, 0.25) is 0 Å². The SMILES string of the molecule is CCOc1cc2c(cc1/C=C1/NC(=O)NC1=O)OCO2. The van der Waals surface area contributed by atoms with Crippen molar-refractivity contribution in [2.24, 2.45) is 0 Å². The molecule has 3 rings (SSSR count). The summed E-state index contributed by atoms with van der Waals surface area (Å²) in [5.41, 5.74) is 0.790. The van der Waals surface area contributed by atoms with Crippen LogP contribution in [0.1, 0.15) is 12.5 Å². The van der Waals surface area contributed by atoms with Gasteiger partial charge in [0.05, 0.1) is 6.61 Å². The van der Waals surface area contributed by atoms with E-state index in [2.05, 4.69) is 10.6 Å². The van der Waals surface area contributed by atoms with Gasteiger partial charge >= 0.3 is 6.03 Å². The summed E-state index contributed by atoms with van der Waals surface area (Å²) in [7, 11) is 0. The standard InChI is InChI=1S/C13H12N2O5/c1-2-18-9-5-11-10(19-6-20-11)4-7(9)3-8-12(16)15-13(17)14-8/h3-5H,2,6H2,1H3,(H2,14,15,16,17)/b8-3+. The van der Waals surface area contributed by atoms with E-state index in [1.807, 2.05) is 6.92 Å². The largest absolute Gasteiger partial charge is 0.493 e. The van der Waals surface area contributed by atoms with Gasteiger partial charge in [-0.3, -0.25) is 10.1 Å². The van der Waals surface area contributed by atoms with Gasteiger partial charge < -0.3 is 19.5 Å². The van der Waals surface area contributed by atoms with Crippen LogP contribution >= 0.6 is 0 Å². The molecule has 0 unspecified atom stereocenters. The molecule has 1 fully saturated rings. The topological polar surface area (TPSA) is 85.9 Å². The number of ether oxygens (including phenoxy) is 3. The van der Waals surface area contributed by atoms with Crippen LogP contribution in [-0.2, 0) is 4.79 Å². The molecule has 0 atom stereocenters. The average Bonchev–Trinajstić information content (AvgIpc) is 2.97. The van der Waals surface area contributed by atoms with Crippen LogP contribution in [-0.4, -0.2) is 25.3 Å². The molecule has 1 aromatic carbocycles. The number of amides is 3. The Labute approximate surface area is 114 Å². The lowest BCUT2D eigenvalue weighted by Gasteiger charge is -2.09. The quantitative estimate of drug-likeness (QED) is 0.635. The lowest BCUT2D eigenvalue weighted by molar-refractivity contribution is -0.115. The van der Waals surface area contributed by atoms with Gasteiger partial charge in [-0.2, -0.15) is 0 Å². The van der Waals surface area contributed by atoms with Crippen molar-refractivity contribution in [3.05, 3.63) is 23.4 Å². The van der Waals surface area contributed by atoms with E-state index in [4.69, 9.17) is 14.2 Å². The van der Waals surface area contributed by atoms with Crippen molar-refractivity contribution in [1.82, 2.24) is 10.6 Å². The molecule has 7 heteroatoms. The summed E-state index contributed by atoms with van der Waals surface area (Å²) in [6, 6.07) is 2.87. The molecule has 0 saturated carbocycles. The zero-order valence-corrected chi connectivity index (χ0v) is 10.7. The minimum absolute atomic E-state index is 0.151. The number of carbonyl (C=O) groups is 2. The predicted molar refractivity (Wildman–Crippen MR) is 68.4 cm³/mol. The van der Waals surface area contributed by atoms with E-state index in [0.29, 0.717) is 29.4 Å². The third-order valence-corrected chi connectivity index (χ3v) is 2.82. The number of nitrogens with one attached hydrogen (secondary N) is 2. The molecular formula is C13H12N2O5. The van der Waals surface area contributed by atoms with Crippen LogP contribution in [0.15, 0.2) is 17.8 Å². The summed E-state index contributed by atoms with van der Waals surface area (Å²) in [5, 5.41) is 4.56. The molecule has 1 saturated heterocycles. The molecule has 7 nitrogen and oxygen atoms in total. The van der Waals surface area contributed by atoms with Gasteiger partial charge in [0.2, 0.25) is 6.79 Å². The van der Waals surface area contributed by atoms with Crippen LogP contribution in [0.5, 0.6) is 17.2 Å². The highest BCUT2D eigenvalue weighted by Crippen LogP contribution is 2.39. The Morgan fingerprint density at radius 2 is 2.00 bits per heavy atom. The summed E-state index contributed by atoms with van der Waals surface area (Å²) in [6.45, 7) is 2.47. The molecule has 2 N–H and O–H groups in total. The number of imide groups is 1. The number of rotatable bonds is 3. The highest BCUT2D eigenvalue weighted by Gasteiger charge is 2.24. The summed E-state index contributed by atoms with van der Waals surface area (Å²) in [4.78, 5) is 22.6. The maximum absolute atomic E-state index is 11.5. The second kappa shape index (κ2) is 4.76. The highest BCUT2D eigenvalue weighted by atomic mass is 16.7. The predicted octanol–water partition coefficient (Wildman–Crippen LogP) is 0.994. The Bertz CT molecular complexity index is 623. The Hall–Kier alpha value is -2.70. The summed E-state index contributed by atoms with van der Waals surface area (Å²) in [5.74, 6) is 1.24. The van der Waals surface area contributed by atoms with Gasteiger partial charge in [-0.05, 0) is 19.1 Å². The van der Waals surface area contributed by atoms with E-state index in [-0.39, 0.29) is 12.5 Å². The molecule has 20 heavy (non-hydrogen) atoms. The Morgan fingerprint density at radius 1 is 1.25 bits per heavy atom. The van der Waals surface area contributed by atoms with Crippen LogP contribution in [0.25, 0.3) is 6.08 Å². The monoisotopic (exact) mass is 276 g/mol. The van der Waals surface area contributed by atoms with Gasteiger partial charge in [0, 0.05) is 11.6 Å². The molecule has 0 bridgehead atoms. The number of fused-ring (bicyclic) bond motifs is 1. The van der Waals surface area contributed by atoms with Gasteiger partial charge in [-0.15, -0.1) is 0 Å². The van der Waals surface area contributed by atoms with E-state index in [1.54, 1.807) is 12.1 Å². The lowest BCUT2D eigenvalue weighted by atomic mass is 10.1. The molecule has 0 radical (unpaired) electrons. The second-order valence-electron chi connectivity index (χ2n) is 4.14. The Kier molecular flexibility index (Phi) is 2.94. The first-order chi connectivity index (χ1) is 9.67. The molecule has 2 aliphatic rings. The van der Waals surface area contributed by atoms with Crippen molar-refractivity contribution in [2.75, 3.05) is 13.4 Å². The molecule has 2 heterocycles. The number of hydrogen-bond donors (Lipinski definition) is 2. The third kappa shape index (κ3) is 2.13. The minimum Gasteiger partial charge on any atom is -0.493 e. The molecule has 0 spiro atoms. The fourth-order valence-corrected chi connectivity index (χ4v) is 1.97. The van der Waals surface area contributed by atoms with Gasteiger partial charge in [-0.25, -0.2) is 4.79 Å². The van der Waals surface area contributed by atoms with Crippen LogP contribution < -0.4 is 24.8 Å². The Balaban J connectivity index is 2.01. The smallest absolute Gasteiger partial charge is 0.326 e. The van der Waals surface area contributed by atoms with E-state index in [0.717, 1.165) is 0 Å². The molecule has 2 aliphatic heterocycles. The van der Waals surface area contributed by atoms with Crippen molar-refractivity contribution < 1.29 is 23.8 Å². The first-order valence-corrected chi connectivity index (χ1v) is 6.08. The average molecular weight is 276 g/mol. The van der Waals surface area contributed by atoms with Crippen molar-refractivity contribution in [2.45, 2.75) is 6.92 Å². The number of hydrogen-bond acceptors (Lipinski definition) is 5. The summed E-state index contributed by atoms with van der Waals surface area (Å²) in [6.07, 6.45) is 1.53. The van der Waals surface area contributed by atoms with Crippen molar-refractivity contribution in [1.29, 1.82) is 0 Å². The fraction of sp³-hybridized carbons (Fsp3) is 0.231.